The molecule has 2 aromatic heterocycles. The summed E-state index contributed by atoms with van der Waals surface area (Å²) < 4.78 is 57.0. The lowest BCUT2D eigenvalue weighted by molar-refractivity contribution is -0.136. The Hall–Kier alpha value is -3.50. The normalized spacial score (nSPS) is 13.5. The molecule has 8 nitrogen and oxygen atoms in total. The third kappa shape index (κ3) is 3.28. The maximum absolute atomic E-state index is 13.6. The molecule has 1 aliphatic rings. The number of aromatic amines is 1. The van der Waals surface area contributed by atoms with Crippen LogP contribution < -0.4 is 15.0 Å². The molecular weight excluding hydrogens is 395 g/mol. The van der Waals surface area contributed by atoms with Crippen LogP contribution in [0.4, 0.5) is 13.2 Å². The lowest BCUT2D eigenvalue weighted by atomic mass is 10.1. The minimum absolute atomic E-state index is 0.136. The number of hydrogen-bond acceptors (Lipinski definition) is 6. The number of hydrogen-bond donors (Lipinski definition) is 1. The molecule has 0 amide bonds. The maximum Gasteiger partial charge on any atom is 0.421 e. The molecule has 1 aromatic carbocycles. The molecule has 0 bridgehead atoms. The van der Waals surface area contributed by atoms with Crippen LogP contribution in [-0.4, -0.2) is 40.4 Å². The van der Waals surface area contributed by atoms with Crippen molar-refractivity contribution in [1.82, 2.24) is 14.6 Å². The van der Waals surface area contributed by atoms with Crippen molar-refractivity contribution in [1.29, 1.82) is 0 Å². The van der Waals surface area contributed by atoms with Crippen LogP contribution in [0.2, 0.25) is 0 Å². The van der Waals surface area contributed by atoms with Crippen LogP contribution in [0.25, 0.3) is 16.8 Å². The van der Waals surface area contributed by atoms with Crippen LogP contribution in [0.3, 0.4) is 0 Å². The highest BCUT2D eigenvalue weighted by Crippen LogP contribution is 2.36. The summed E-state index contributed by atoms with van der Waals surface area (Å²) in [5.41, 5.74) is -3.59. The van der Waals surface area contributed by atoms with Crippen LogP contribution in [-0.2, 0) is 10.9 Å². The van der Waals surface area contributed by atoms with Crippen molar-refractivity contribution in [3.63, 3.8) is 0 Å². The van der Waals surface area contributed by atoms with Gasteiger partial charge >= 0.3 is 12.1 Å². The lowest BCUT2D eigenvalue weighted by Gasteiger charge is -2.18. The van der Waals surface area contributed by atoms with Gasteiger partial charge in [0.15, 0.2) is 17.2 Å². The fourth-order valence-corrected chi connectivity index (χ4v) is 3.05. The minimum Gasteiger partial charge on any atom is -0.486 e. The predicted octanol–water partition coefficient (Wildman–Crippen LogP) is 2.66. The molecule has 3 heterocycles. The van der Waals surface area contributed by atoms with Gasteiger partial charge in [-0.15, -0.1) is 0 Å². The van der Waals surface area contributed by atoms with Gasteiger partial charge in [-0.25, -0.2) is 9.31 Å². The van der Waals surface area contributed by atoms with E-state index >= 15 is 0 Å². The number of fused-ring (bicyclic) bond motifs is 2. The van der Waals surface area contributed by atoms with E-state index in [1.165, 1.54) is 13.1 Å². The number of benzene rings is 1. The Morgan fingerprint density at radius 2 is 2.00 bits per heavy atom. The number of ether oxygens (including phenoxy) is 3. The Balaban J connectivity index is 1.90. The summed E-state index contributed by atoms with van der Waals surface area (Å²) in [6.45, 7) is 2.07. The Morgan fingerprint density at radius 1 is 1.28 bits per heavy atom. The molecule has 0 unspecified atom stereocenters. The number of halogens is 3. The topological polar surface area (TPSA) is 94.9 Å². The van der Waals surface area contributed by atoms with Crippen molar-refractivity contribution < 1.29 is 32.2 Å². The zero-order valence-electron chi connectivity index (χ0n) is 15.0. The van der Waals surface area contributed by atoms with Gasteiger partial charge in [-0.1, -0.05) is 0 Å². The van der Waals surface area contributed by atoms with E-state index in [4.69, 9.17) is 9.47 Å². The van der Waals surface area contributed by atoms with Gasteiger partial charge in [-0.3, -0.25) is 4.79 Å². The Bertz CT molecular complexity index is 1170. The van der Waals surface area contributed by atoms with Crippen molar-refractivity contribution in [2.45, 2.75) is 13.1 Å². The summed E-state index contributed by atoms with van der Waals surface area (Å²) in [4.78, 5) is 26.9. The highest BCUT2D eigenvalue weighted by Gasteiger charge is 2.42. The maximum atomic E-state index is 13.6. The van der Waals surface area contributed by atoms with Crippen molar-refractivity contribution >= 4 is 11.5 Å². The van der Waals surface area contributed by atoms with E-state index in [9.17, 15) is 22.8 Å². The summed E-state index contributed by atoms with van der Waals surface area (Å²) in [5, 5.41) is 3.68. The summed E-state index contributed by atoms with van der Waals surface area (Å²) in [5.74, 6) is -0.298. The van der Waals surface area contributed by atoms with Gasteiger partial charge in [0.1, 0.15) is 24.3 Å². The number of carbonyl (C=O) groups excluding carboxylic acids is 1. The molecule has 0 saturated carbocycles. The van der Waals surface area contributed by atoms with Crippen LogP contribution >= 0.6 is 0 Å². The van der Waals surface area contributed by atoms with E-state index in [1.807, 2.05) is 0 Å². The van der Waals surface area contributed by atoms with Gasteiger partial charge in [0.25, 0.3) is 5.56 Å². The van der Waals surface area contributed by atoms with E-state index in [0.29, 0.717) is 30.3 Å². The SMILES string of the molecule is CCOC(=O)c1nn2cc(-c3ccc4c(c3)OCCO4)[nH]c(=O)c2c1C(F)(F)F. The summed E-state index contributed by atoms with van der Waals surface area (Å²) in [6, 6.07) is 4.83. The molecule has 0 atom stereocenters. The monoisotopic (exact) mass is 409 g/mol. The van der Waals surface area contributed by atoms with Crippen molar-refractivity contribution in [3.05, 3.63) is 46.0 Å². The molecular formula is C18H14F3N3O5. The van der Waals surface area contributed by atoms with Crippen LogP contribution in [0.5, 0.6) is 11.5 Å². The molecule has 0 aliphatic carbocycles. The standard InChI is InChI=1S/C18H14F3N3O5/c1-2-27-17(26)14-13(18(19,20)21)15-16(25)22-10(8-24(15)23-14)9-3-4-11-12(7-9)29-6-5-28-11/h3-4,7-8H,2,5-6H2,1H3,(H,22,25). The number of esters is 1. The number of H-pyrrole nitrogens is 1. The third-order valence-corrected chi connectivity index (χ3v) is 4.23. The predicted molar refractivity (Wildman–Crippen MR) is 93.2 cm³/mol. The first kappa shape index (κ1) is 18.8. The van der Waals surface area contributed by atoms with E-state index < -0.39 is 34.5 Å². The molecule has 29 heavy (non-hydrogen) atoms. The number of carbonyl (C=O) groups is 1. The smallest absolute Gasteiger partial charge is 0.421 e. The Kier molecular flexibility index (Phi) is 4.44. The van der Waals surface area contributed by atoms with E-state index in [2.05, 4.69) is 14.8 Å². The van der Waals surface area contributed by atoms with Crippen molar-refractivity contribution in [2.75, 3.05) is 19.8 Å². The van der Waals surface area contributed by atoms with Gasteiger partial charge in [-0.2, -0.15) is 18.3 Å². The number of aromatic nitrogens is 3. The third-order valence-electron chi connectivity index (χ3n) is 4.23. The van der Waals surface area contributed by atoms with Gasteiger partial charge < -0.3 is 19.2 Å². The van der Waals surface area contributed by atoms with Crippen LogP contribution in [0, 0.1) is 0 Å². The second kappa shape index (κ2) is 6.83. The largest absolute Gasteiger partial charge is 0.486 e. The fourth-order valence-electron chi connectivity index (χ4n) is 3.05. The van der Waals surface area contributed by atoms with Gasteiger partial charge in [0.2, 0.25) is 0 Å². The molecule has 0 spiro atoms. The van der Waals surface area contributed by atoms with Crippen molar-refractivity contribution in [2.24, 2.45) is 0 Å². The van der Waals surface area contributed by atoms with Gasteiger partial charge in [0, 0.05) is 5.56 Å². The average Bonchev–Trinajstić information content (AvgIpc) is 3.08. The highest BCUT2D eigenvalue weighted by atomic mass is 19.4. The van der Waals surface area contributed by atoms with Crippen molar-refractivity contribution in [3.8, 4) is 22.8 Å². The molecule has 152 valence electrons. The van der Waals surface area contributed by atoms with E-state index in [0.717, 1.165) is 4.52 Å². The summed E-state index contributed by atoms with van der Waals surface area (Å²) in [6.07, 6.45) is -3.78. The van der Waals surface area contributed by atoms with Crippen LogP contribution in [0.15, 0.2) is 29.2 Å². The number of rotatable bonds is 3. The second-order valence-corrected chi connectivity index (χ2v) is 6.09. The molecule has 0 radical (unpaired) electrons. The number of alkyl halides is 3. The Labute approximate surface area is 160 Å². The number of nitrogens with one attached hydrogen (secondary N) is 1. The average molecular weight is 409 g/mol. The first-order chi connectivity index (χ1) is 13.8. The zero-order chi connectivity index (χ0) is 20.8. The van der Waals surface area contributed by atoms with Gasteiger partial charge in [-0.05, 0) is 25.1 Å². The highest BCUT2D eigenvalue weighted by molar-refractivity contribution is 5.91. The van der Waals surface area contributed by atoms with E-state index in [-0.39, 0.29) is 12.3 Å². The quantitative estimate of drug-likeness (QED) is 0.669. The fraction of sp³-hybridized carbons (Fsp3) is 0.278. The minimum atomic E-state index is -4.98. The molecule has 4 rings (SSSR count). The first-order valence-electron chi connectivity index (χ1n) is 8.59. The molecule has 0 fully saturated rings. The lowest BCUT2D eigenvalue weighted by Crippen LogP contribution is -2.18. The van der Waals surface area contributed by atoms with E-state index in [1.54, 1.807) is 18.2 Å². The van der Waals surface area contributed by atoms with Gasteiger partial charge in [0.05, 0.1) is 18.5 Å². The van der Waals surface area contributed by atoms with Crippen LogP contribution in [0.1, 0.15) is 23.0 Å². The molecule has 1 N–H and O–H groups in total. The zero-order valence-corrected chi connectivity index (χ0v) is 15.0. The Morgan fingerprint density at radius 3 is 2.69 bits per heavy atom. The molecule has 3 aromatic rings. The second-order valence-electron chi connectivity index (χ2n) is 6.09. The number of nitrogens with zero attached hydrogens (tertiary/aromatic N) is 2. The summed E-state index contributed by atoms with van der Waals surface area (Å²) >= 11 is 0. The molecule has 1 aliphatic heterocycles. The first-order valence-corrected chi connectivity index (χ1v) is 8.59. The summed E-state index contributed by atoms with van der Waals surface area (Å²) in [7, 11) is 0. The molecule has 11 heteroatoms. The molecule has 0 saturated heterocycles.